The lowest BCUT2D eigenvalue weighted by atomic mass is 9.96. The molecule has 1 atom stereocenters. The van der Waals surface area contributed by atoms with Gasteiger partial charge in [-0.1, -0.05) is 45.7 Å². The predicted octanol–water partition coefficient (Wildman–Crippen LogP) is 3.62. The molecular weight excluding hydrogens is 368 g/mol. The van der Waals surface area contributed by atoms with E-state index in [1.807, 2.05) is 12.1 Å². The quantitative estimate of drug-likeness (QED) is 0.813. The maximum Gasteiger partial charge on any atom is 0.273 e. The number of hydrogen-bond acceptors (Lipinski definition) is 3. The Morgan fingerprint density at radius 2 is 1.82 bits per heavy atom. The minimum absolute atomic E-state index is 0.186. The molecule has 6 heteroatoms. The second kappa shape index (κ2) is 6.02. The SMILES string of the molecule is O=C1NC(=O)C(c2ccc(Cl)cc2)C1=Nc1cccc(Br)c1. The first-order valence-electron chi connectivity index (χ1n) is 6.49. The van der Waals surface area contributed by atoms with E-state index >= 15 is 0 Å². The maximum atomic E-state index is 12.1. The van der Waals surface area contributed by atoms with E-state index in [1.165, 1.54) is 0 Å². The molecule has 0 aliphatic carbocycles. The first-order chi connectivity index (χ1) is 10.5. The smallest absolute Gasteiger partial charge is 0.273 e. The molecule has 1 N–H and O–H groups in total. The number of carbonyl (C=O) groups excluding carboxylic acids is 2. The van der Waals surface area contributed by atoms with Crippen molar-refractivity contribution in [1.29, 1.82) is 0 Å². The highest BCUT2D eigenvalue weighted by molar-refractivity contribution is 9.10. The molecule has 3 rings (SSSR count). The van der Waals surface area contributed by atoms with Gasteiger partial charge in [-0.25, -0.2) is 4.99 Å². The van der Waals surface area contributed by atoms with E-state index in [2.05, 4.69) is 26.2 Å². The third kappa shape index (κ3) is 2.96. The second-order valence-electron chi connectivity index (χ2n) is 4.78. The van der Waals surface area contributed by atoms with Gasteiger partial charge in [-0.05, 0) is 35.9 Å². The third-order valence-corrected chi connectivity index (χ3v) is 4.01. The Labute approximate surface area is 140 Å². The molecule has 1 aliphatic heterocycles. The van der Waals surface area contributed by atoms with Crippen LogP contribution in [-0.2, 0) is 9.59 Å². The van der Waals surface area contributed by atoms with E-state index in [1.54, 1.807) is 36.4 Å². The van der Waals surface area contributed by atoms with Gasteiger partial charge in [0.25, 0.3) is 5.91 Å². The van der Waals surface area contributed by atoms with Crippen LogP contribution >= 0.6 is 27.5 Å². The lowest BCUT2D eigenvalue weighted by molar-refractivity contribution is -0.124. The summed E-state index contributed by atoms with van der Waals surface area (Å²) >= 11 is 9.22. The van der Waals surface area contributed by atoms with E-state index in [0.29, 0.717) is 16.3 Å². The zero-order chi connectivity index (χ0) is 15.7. The highest BCUT2D eigenvalue weighted by Crippen LogP contribution is 2.27. The van der Waals surface area contributed by atoms with Crippen molar-refractivity contribution in [3.05, 3.63) is 63.6 Å². The highest BCUT2D eigenvalue weighted by Gasteiger charge is 2.39. The average Bonchev–Trinajstić information content (AvgIpc) is 2.75. The van der Waals surface area contributed by atoms with Crippen LogP contribution in [0.3, 0.4) is 0 Å². The number of rotatable bonds is 2. The van der Waals surface area contributed by atoms with Crippen molar-refractivity contribution in [2.45, 2.75) is 5.92 Å². The van der Waals surface area contributed by atoms with Crippen molar-refractivity contribution >= 4 is 50.7 Å². The van der Waals surface area contributed by atoms with Gasteiger partial charge in [0, 0.05) is 9.50 Å². The fraction of sp³-hybridized carbons (Fsp3) is 0.0625. The van der Waals surface area contributed by atoms with E-state index in [9.17, 15) is 9.59 Å². The Balaban J connectivity index is 2.05. The molecule has 1 fully saturated rings. The number of aliphatic imine (C=N–C) groups is 1. The fourth-order valence-electron chi connectivity index (χ4n) is 2.27. The summed E-state index contributed by atoms with van der Waals surface area (Å²) in [5.41, 5.74) is 1.47. The molecule has 0 spiro atoms. The number of amides is 2. The van der Waals surface area contributed by atoms with Gasteiger partial charge in [-0.3, -0.25) is 14.9 Å². The molecule has 0 aromatic heterocycles. The summed E-state index contributed by atoms with van der Waals surface area (Å²) in [5.74, 6) is -1.56. The minimum atomic E-state index is -0.719. The van der Waals surface area contributed by atoms with Gasteiger partial charge in [0.05, 0.1) is 5.69 Å². The molecule has 22 heavy (non-hydrogen) atoms. The van der Waals surface area contributed by atoms with Crippen LogP contribution < -0.4 is 5.32 Å². The van der Waals surface area contributed by atoms with Crippen molar-refractivity contribution < 1.29 is 9.59 Å². The molecule has 2 amide bonds. The van der Waals surface area contributed by atoms with Crippen LogP contribution in [0.2, 0.25) is 5.02 Å². The lowest BCUT2D eigenvalue weighted by Crippen LogP contribution is -2.22. The second-order valence-corrected chi connectivity index (χ2v) is 6.13. The normalized spacial score (nSPS) is 19.5. The molecule has 1 saturated heterocycles. The van der Waals surface area contributed by atoms with Crippen molar-refractivity contribution in [1.82, 2.24) is 5.32 Å². The van der Waals surface area contributed by atoms with Gasteiger partial charge in [0.15, 0.2) is 0 Å². The maximum absolute atomic E-state index is 12.1. The molecule has 2 aromatic carbocycles. The average molecular weight is 378 g/mol. The van der Waals surface area contributed by atoms with E-state index in [4.69, 9.17) is 11.6 Å². The molecule has 1 heterocycles. The van der Waals surface area contributed by atoms with Crippen molar-refractivity contribution in [2.75, 3.05) is 0 Å². The van der Waals surface area contributed by atoms with Crippen molar-refractivity contribution in [2.24, 2.45) is 4.99 Å². The van der Waals surface area contributed by atoms with Gasteiger partial charge in [-0.15, -0.1) is 0 Å². The van der Waals surface area contributed by atoms with Crippen molar-refractivity contribution in [3.63, 3.8) is 0 Å². The van der Waals surface area contributed by atoms with E-state index in [-0.39, 0.29) is 11.6 Å². The Morgan fingerprint density at radius 3 is 2.50 bits per heavy atom. The van der Waals surface area contributed by atoms with Crippen LogP contribution in [0.15, 0.2) is 58.0 Å². The van der Waals surface area contributed by atoms with Gasteiger partial charge in [0.1, 0.15) is 11.6 Å². The summed E-state index contributed by atoms with van der Waals surface area (Å²) in [4.78, 5) is 28.5. The lowest BCUT2D eigenvalue weighted by Gasteiger charge is -2.08. The van der Waals surface area contributed by atoms with Gasteiger partial charge in [0.2, 0.25) is 5.91 Å². The Bertz CT molecular complexity index is 787. The molecule has 0 bridgehead atoms. The zero-order valence-corrected chi connectivity index (χ0v) is 13.6. The third-order valence-electron chi connectivity index (χ3n) is 3.27. The number of nitrogens with zero attached hydrogens (tertiary/aromatic N) is 1. The van der Waals surface area contributed by atoms with Crippen LogP contribution in [0.1, 0.15) is 11.5 Å². The Hall–Kier alpha value is -1.98. The summed E-state index contributed by atoms with van der Waals surface area (Å²) < 4.78 is 0.849. The number of nitrogens with one attached hydrogen (secondary N) is 1. The van der Waals surface area contributed by atoms with Crippen molar-refractivity contribution in [3.8, 4) is 0 Å². The number of benzene rings is 2. The summed E-state index contributed by atoms with van der Waals surface area (Å²) in [7, 11) is 0. The number of halogens is 2. The summed E-state index contributed by atoms with van der Waals surface area (Å²) in [6, 6.07) is 14.0. The van der Waals surface area contributed by atoms with Gasteiger partial charge >= 0.3 is 0 Å². The molecule has 4 nitrogen and oxygen atoms in total. The summed E-state index contributed by atoms with van der Waals surface area (Å²) in [6.45, 7) is 0. The fourth-order valence-corrected chi connectivity index (χ4v) is 2.78. The van der Waals surface area contributed by atoms with Gasteiger partial charge < -0.3 is 0 Å². The minimum Gasteiger partial charge on any atom is -0.290 e. The molecular formula is C16H10BrClN2O2. The monoisotopic (exact) mass is 376 g/mol. The molecule has 1 aliphatic rings. The number of imide groups is 1. The number of carbonyl (C=O) groups is 2. The highest BCUT2D eigenvalue weighted by atomic mass is 79.9. The molecule has 1 unspecified atom stereocenters. The van der Waals surface area contributed by atoms with Crippen LogP contribution in [0.4, 0.5) is 5.69 Å². The summed E-state index contributed by atoms with van der Waals surface area (Å²) in [6.07, 6.45) is 0. The van der Waals surface area contributed by atoms with Crippen LogP contribution in [-0.4, -0.2) is 17.5 Å². The van der Waals surface area contributed by atoms with E-state index in [0.717, 1.165) is 4.47 Å². The first-order valence-corrected chi connectivity index (χ1v) is 7.66. The number of hydrogen-bond donors (Lipinski definition) is 1. The predicted molar refractivity (Wildman–Crippen MR) is 88.6 cm³/mol. The van der Waals surface area contributed by atoms with E-state index < -0.39 is 11.8 Å². The molecule has 110 valence electrons. The van der Waals surface area contributed by atoms with Crippen LogP contribution in [0.25, 0.3) is 0 Å². The molecule has 2 aromatic rings. The Morgan fingerprint density at radius 1 is 1.09 bits per heavy atom. The van der Waals surface area contributed by atoms with Crippen LogP contribution in [0.5, 0.6) is 0 Å². The van der Waals surface area contributed by atoms with Gasteiger partial charge in [-0.2, -0.15) is 0 Å². The standard InChI is InChI=1S/C16H10BrClN2O2/c17-10-2-1-3-12(8-10)19-14-13(15(21)20-16(14)22)9-4-6-11(18)7-5-9/h1-8,13H,(H,20,21,22). The molecule has 0 saturated carbocycles. The molecule has 0 radical (unpaired) electrons. The Kier molecular flexibility index (Phi) is 4.09. The summed E-state index contributed by atoms with van der Waals surface area (Å²) in [5, 5.41) is 2.88. The topological polar surface area (TPSA) is 58.5 Å². The van der Waals surface area contributed by atoms with Crippen LogP contribution in [0, 0.1) is 0 Å². The largest absolute Gasteiger partial charge is 0.290 e. The zero-order valence-electron chi connectivity index (χ0n) is 11.2. The first kappa shape index (κ1) is 14.9.